The van der Waals surface area contributed by atoms with E-state index in [-0.39, 0.29) is 5.54 Å². The average molecular weight is 194 g/mol. The molecule has 2 N–H and O–H groups in total. The normalized spacial score (nSPS) is 26.4. The molecular formula is C10H18N4. The second-order valence-electron chi connectivity index (χ2n) is 4.59. The molecule has 1 saturated heterocycles. The van der Waals surface area contributed by atoms with E-state index in [1.54, 1.807) is 0 Å². The van der Waals surface area contributed by atoms with Gasteiger partial charge >= 0.3 is 0 Å². The van der Waals surface area contributed by atoms with Crippen molar-refractivity contribution in [3.05, 3.63) is 18.0 Å². The van der Waals surface area contributed by atoms with Crippen LogP contribution in [0.15, 0.2) is 12.3 Å². The fourth-order valence-corrected chi connectivity index (χ4v) is 2.01. The number of nitrogens with zero attached hydrogens (tertiary/aromatic N) is 2. The van der Waals surface area contributed by atoms with E-state index in [2.05, 4.69) is 35.6 Å². The van der Waals surface area contributed by atoms with Gasteiger partial charge in [-0.3, -0.25) is 4.68 Å². The zero-order valence-corrected chi connectivity index (χ0v) is 9.04. The summed E-state index contributed by atoms with van der Waals surface area (Å²) >= 11 is 0. The van der Waals surface area contributed by atoms with E-state index in [0.29, 0.717) is 6.04 Å². The van der Waals surface area contributed by atoms with Crippen LogP contribution in [0.5, 0.6) is 0 Å². The molecule has 1 fully saturated rings. The number of aryl methyl sites for hydroxylation is 1. The van der Waals surface area contributed by atoms with Gasteiger partial charge in [0.25, 0.3) is 0 Å². The molecular weight excluding hydrogens is 176 g/mol. The van der Waals surface area contributed by atoms with Crippen LogP contribution >= 0.6 is 0 Å². The first-order chi connectivity index (χ1) is 6.58. The largest absolute Gasteiger partial charge is 0.313 e. The van der Waals surface area contributed by atoms with Gasteiger partial charge in [-0.2, -0.15) is 5.10 Å². The fourth-order valence-electron chi connectivity index (χ4n) is 2.01. The van der Waals surface area contributed by atoms with Crippen molar-refractivity contribution in [1.29, 1.82) is 0 Å². The summed E-state index contributed by atoms with van der Waals surface area (Å²) in [6.45, 7) is 6.41. The lowest BCUT2D eigenvalue weighted by Crippen LogP contribution is -2.57. The molecule has 0 saturated carbocycles. The number of piperazine rings is 1. The van der Waals surface area contributed by atoms with E-state index < -0.39 is 0 Å². The van der Waals surface area contributed by atoms with Crippen molar-refractivity contribution in [3.63, 3.8) is 0 Å². The molecule has 1 aliphatic heterocycles. The number of nitrogens with one attached hydrogen (secondary N) is 2. The van der Waals surface area contributed by atoms with E-state index in [9.17, 15) is 0 Å². The molecule has 1 atom stereocenters. The van der Waals surface area contributed by atoms with Crippen molar-refractivity contribution in [2.45, 2.75) is 25.4 Å². The highest BCUT2D eigenvalue weighted by molar-refractivity contribution is 5.10. The molecule has 0 aromatic carbocycles. The molecule has 14 heavy (non-hydrogen) atoms. The van der Waals surface area contributed by atoms with Crippen LogP contribution in [0.4, 0.5) is 0 Å². The highest BCUT2D eigenvalue weighted by Crippen LogP contribution is 2.18. The smallest absolute Gasteiger partial charge is 0.0623 e. The van der Waals surface area contributed by atoms with Crippen LogP contribution in [-0.2, 0) is 7.05 Å². The molecule has 1 aromatic rings. The second-order valence-corrected chi connectivity index (χ2v) is 4.59. The lowest BCUT2D eigenvalue weighted by molar-refractivity contribution is 0.257. The molecule has 0 bridgehead atoms. The number of hydrogen-bond donors (Lipinski definition) is 2. The predicted molar refractivity (Wildman–Crippen MR) is 56.0 cm³/mol. The summed E-state index contributed by atoms with van der Waals surface area (Å²) in [6, 6.07) is 2.44. The van der Waals surface area contributed by atoms with Crippen LogP contribution in [0.1, 0.15) is 25.6 Å². The third-order valence-corrected chi connectivity index (χ3v) is 2.70. The summed E-state index contributed by atoms with van der Waals surface area (Å²) in [7, 11) is 1.98. The topological polar surface area (TPSA) is 41.9 Å². The monoisotopic (exact) mass is 194 g/mol. The Balaban J connectivity index is 2.16. The second kappa shape index (κ2) is 3.37. The zero-order valence-electron chi connectivity index (χ0n) is 9.04. The molecule has 2 rings (SSSR count). The number of aromatic nitrogens is 2. The molecule has 0 aliphatic carbocycles. The van der Waals surface area contributed by atoms with Crippen LogP contribution in [0.2, 0.25) is 0 Å². The van der Waals surface area contributed by atoms with Crippen molar-refractivity contribution in [3.8, 4) is 0 Å². The van der Waals surface area contributed by atoms with Gasteiger partial charge < -0.3 is 10.6 Å². The Morgan fingerprint density at radius 3 is 2.93 bits per heavy atom. The van der Waals surface area contributed by atoms with Gasteiger partial charge in [0.1, 0.15) is 0 Å². The Bertz CT molecular complexity index is 316. The molecule has 78 valence electrons. The lowest BCUT2D eigenvalue weighted by Gasteiger charge is -2.37. The summed E-state index contributed by atoms with van der Waals surface area (Å²) in [5.41, 5.74) is 1.40. The highest BCUT2D eigenvalue weighted by Gasteiger charge is 2.28. The van der Waals surface area contributed by atoms with Gasteiger partial charge in [-0.25, -0.2) is 0 Å². The van der Waals surface area contributed by atoms with Gasteiger partial charge in [-0.05, 0) is 19.9 Å². The summed E-state index contributed by atoms with van der Waals surface area (Å²) in [4.78, 5) is 0. The van der Waals surface area contributed by atoms with E-state index in [0.717, 1.165) is 13.1 Å². The maximum atomic E-state index is 4.19. The maximum absolute atomic E-state index is 4.19. The van der Waals surface area contributed by atoms with Crippen molar-refractivity contribution in [2.24, 2.45) is 7.05 Å². The number of rotatable bonds is 1. The summed E-state index contributed by atoms with van der Waals surface area (Å²) in [5, 5.41) is 11.2. The van der Waals surface area contributed by atoms with Crippen molar-refractivity contribution in [2.75, 3.05) is 13.1 Å². The van der Waals surface area contributed by atoms with Gasteiger partial charge in [-0.15, -0.1) is 0 Å². The quantitative estimate of drug-likeness (QED) is 0.681. The average Bonchev–Trinajstić information content (AvgIpc) is 2.49. The first-order valence-electron chi connectivity index (χ1n) is 5.05. The SMILES string of the molecule is Cn1nccc1C1CNCC(C)(C)N1. The van der Waals surface area contributed by atoms with Crippen LogP contribution in [0.3, 0.4) is 0 Å². The minimum absolute atomic E-state index is 0.160. The lowest BCUT2D eigenvalue weighted by atomic mass is 9.99. The summed E-state index contributed by atoms with van der Waals surface area (Å²) in [6.07, 6.45) is 1.85. The summed E-state index contributed by atoms with van der Waals surface area (Å²) in [5.74, 6) is 0. The van der Waals surface area contributed by atoms with Gasteiger partial charge in [0.05, 0.1) is 11.7 Å². The molecule has 0 radical (unpaired) electrons. The van der Waals surface area contributed by atoms with E-state index >= 15 is 0 Å². The van der Waals surface area contributed by atoms with E-state index in [1.165, 1.54) is 5.69 Å². The highest BCUT2D eigenvalue weighted by atomic mass is 15.3. The van der Waals surface area contributed by atoms with E-state index in [1.807, 2.05) is 17.9 Å². The molecule has 0 spiro atoms. The Morgan fingerprint density at radius 1 is 1.57 bits per heavy atom. The van der Waals surface area contributed by atoms with Gasteiger partial charge in [0.2, 0.25) is 0 Å². The van der Waals surface area contributed by atoms with Crippen molar-refractivity contribution in [1.82, 2.24) is 20.4 Å². The Kier molecular flexibility index (Phi) is 2.33. The first kappa shape index (κ1) is 9.68. The van der Waals surface area contributed by atoms with Crippen molar-refractivity contribution < 1.29 is 0 Å². The predicted octanol–water partition coefficient (Wildman–Crippen LogP) is 0.433. The van der Waals surface area contributed by atoms with Gasteiger partial charge in [-0.1, -0.05) is 0 Å². The minimum Gasteiger partial charge on any atom is -0.313 e. The Morgan fingerprint density at radius 2 is 2.36 bits per heavy atom. The Labute approximate surface area is 84.7 Å². The summed E-state index contributed by atoms with van der Waals surface area (Å²) < 4.78 is 1.93. The molecule has 1 aliphatic rings. The van der Waals surface area contributed by atoms with Crippen LogP contribution in [-0.4, -0.2) is 28.4 Å². The molecule has 2 heterocycles. The molecule has 1 unspecified atom stereocenters. The van der Waals surface area contributed by atoms with Gasteiger partial charge in [0, 0.05) is 31.9 Å². The van der Waals surface area contributed by atoms with Crippen LogP contribution < -0.4 is 10.6 Å². The van der Waals surface area contributed by atoms with Crippen LogP contribution in [0.25, 0.3) is 0 Å². The molecule has 1 aromatic heterocycles. The maximum Gasteiger partial charge on any atom is 0.0623 e. The third-order valence-electron chi connectivity index (χ3n) is 2.70. The van der Waals surface area contributed by atoms with Gasteiger partial charge in [0.15, 0.2) is 0 Å². The Hall–Kier alpha value is -0.870. The zero-order chi connectivity index (χ0) is 10.2. The third kappa shape index (κ3) is 1.81. The first-order valence-corrected chi connectivity index (χ1v) is 5.05. The van der Waals surface area contributed by atoms with E-state index in [4.69, 9.17) is 0 Å². The molecule has 4 nitrogen and oxygen atoms in total. The number of hydrogen-bond acceptors (Lipinski definition) is 3. The fraction of sp³-hybridized carbons (Fsp3) is 0.700. The van der Waals surface area contributed by atoms with Crippen molar-refractivity contribution >= 4 is 0 Å². The van der Waals surface area contributed by atoms with Crippen LogP contribution in [0, 0.1) is 0 Å². The minimum atomic E-state index is 0.160. The standard InChI is InChI=1S/C10H18N4/c1-10(2)7-11-6-8(13-10)9-4-5-12-14(9)3/h4-5,8,11,13H,6-7H2,1-3H3. The molecule has 0 amide bonds. The molecule has 4 heteroatoms.